The Labute approximate surface area is 785 Å². The molecule has 12 N–H and O–H groups in total. The molecule has 7 heterocycles. The molecule has 135 heavy (non-hydrogen) atoms. The molecule has 0 bridgehead atoms. The highest BCUT2D eigenvalue weighted by Gasteiger charge is 2.49. The summed E-state index contributed by atoms with van der Waals surface area (Å²) in [6.45, 7) is 20.4. The summed E-state index contributed by atoms with van der Waals surface area (Å²) in [7, 11) is -6.50. The van der Waals surface area contributed by atoms with E-state index >= 15 is 0 Å². The maximum absolute atomic E-state index is 11.5. The number of aldehydes is 2. The lowest BCUT2D eigenvalue weighted by Crippen LogP contribution is -2.56. The number of primary amides is 2. The van der Waals surface area contributed by atoms with Crippen LogP contribution in [0.2, 0.25) is 0 Å². The minimum atomic E-state index is -1.36. The summed E-state index contributed by atoms with van der Waals surface area (Å²) in [6, 6.07) is 29.3. The Kier molecular flexibility index (Phi) is 45.4. The average Bonchev–Trinajstić information content (AvgIpc) is 1.66. The molecule has 4 unspecified atom stereocenters. The SMILES string of the molecule is CC(=O)O.CC1(C)COB(B2OCC(C)(C)CO2)OC1.CCOC(=O)COc1cccc(C=O)c1B1OCC(C)(C)CO1.CCOC(=O)COc1cccc(C=O)c1Br.CCOC(=O)COc1cccc2c1B(O)OC2C[N+](=O)[O-].NC(=O)COc1cccc2c1B(O)OC2C[N+](=O)[O-].NCC1OB(O)c2c(OCC(N)=O)cccc21.O=C(O)COc1cccc2c1B(O)OC2C[N+](=O)[O-]. The molecule has 3 fully saturated rings. The number of esters is 3. The third kappa shape index (κ3) is 36.1. The van der Waals surface area contributed by atoms with Crippen molar-refractivity contribution in [2.45, 2.75) is 93.7 Å². The predicted octanol–water partition coefficient (Wildman–Crippen LogP) is 0.395. The van der Waals surface area contributed by atoms with Crippen LogP contribution in [0.25, 0.3) is 0 Å². The van der Waals surface area contributed by atoms with Crippen molar-refractivity contribution in [2.24, 2.45) is 33.4 Å². The first-order valence-electron chi connectivity index (χ1n) is 41.5. The second-order valence-electron chi connectivity index (χ2n) is 31.8. The normalized spacial score (nSPS) is 17.3. The van der Waals surface area contributed by atoms with Crippen LogP contribution >= 0.6 is 15.9 Å². The summed E-state index contributed by atoms with van der Waals surface area (Å²) in [5, 5.41) is 86.7. The van der Waals surface area contributed by atoms with Gasteiger partial charge in [0.2, 0.25) is 19.6 Å². The van der Waals surface area contributed by atoms with Crippen molar-refractivity contribution in [3.8, 4) is 34.5 Å². The van der Waals surface area contributed by atoms with Gasteiger partial charge in [-0.25, -0.2) is 19.2 Å². The third-order valence-electron chi connectivity index (χ3n) is 18.8. The molecule has 0 aromatic heterocycles. The molecule has 54 heteroatoms. The van der Waals surface area contributed by atoms with E-state index in [2.05, 4.69) is 43.6 Å². The molecule has 726 valence electrons. The van der Waals surface area contributed by atoms with E-state index < -0.39 is 137 Å². The number of fused-ring (bicyclic) bond motifs is 4. The van der Waals surface area contributed by atoms with E-state index in [-0.39, 0.29) is 112 Å². The van der Waals surface area contributed by atoms with Gasteiger partial charge in [0.1, 0.15) is 59.1 Å². The van der Waals surface area contributed by atoms with Crippen molar-refractivity contribution >= 4 is 147 Å². The zero-order valence-electron chi connectivity index (χ0n) is 75.3. The fourth-order valence-corrected chi connectivity index (χ4v) is 13.4. The van der Waals surface area contributed by atoms with Crippen molar-refractivity contribution in [1.29, 1.82) is 0 Å². The van der Waals surface area contributed by atoms with E-state index in [0.717, 1.165) is 18.8 Å². The van der Waals surface area contributed by atoms with Crippen molar-refractivity contribution in [3.05, 3.63) is 177 Å². The summed E-state index contributed by atoms with van der Waals surface area (Å²) in [6.07, 6.45) is -1.46. The van der Waals surface area contributed by atoms with Crippen LogP contribution in [-0.2, 0) is 94.3 Å². The topological polar surface area (TPSA) is 658 Å². The fraction of sp³-hybridized carbons (Fsp3) is 0.444. The number of hydrogen-bond acceptors (Lipinski definition) is 39. The van der Waals surface area contributed by atoms with Gasteiger partial charge in [0.05, 0.1) is 30.4 Å². The lowest BCUT2D eigenvalue weighted by atomic mass is 9.47. The summed E-state index contributed by atoms with van der Waals surface area (Å²) in [5.74, 6) is -2.83. The Hall–Kier alpha value is -11.7. The maximum atomic E-state index is 11.5. The third-order valence-corrected chi connectivity index (χ3v) is 19.6. The molecule has 7 aliphatic heterocycles. The Balaban J connectivity index is 0.000000241. The van der Waals surface area contributed by atoms with Crippen LogP contribution in [-0.4, -0.2) is 274 Å². The molecule has 46 nitrogen and oxygen atoms in total. The summed E-state index contributed by atoms with van der Waals surface area (Å²) in [5.41, 5.74) is 20.5. The molecule has 0 aliphatic carbocycles. The van der Waals surface area contributed by atoms with Crippen molar-refractivity contribution in [3.63, 3.8) is 0 Å². The zero-order valence-corrected chi connectivity index (χ0v) is 76.9. The molecule has 0 radical (unpaired) electrons. The Bertz CT molecular complexity index is 4880. The molecule has 2 amide bonds. The van der Waals surface area contributed by atoms with Gasteiger partial charge in [0, 0.05) is 123 Å². The Morgan fingerprint density at radius 1 is 0.422 bits per heavy atom. The number of amides is 2. The number of carbonyl (C=O) groups excluding carboxylic acids is 7. The van der Waals surface area contributed by atoms with E-state index in [1.165, 1.54) is 12.1 Å². The highest BCUT2D eigenvalue weighted by Crippen LogP contribution is 2.34. The van der Waals surface area contributed by atoms with Gasteiger partial charge in [0.15, 0.2) is 45.9 Å². The van der Waals surface area contributed by atoms with Gasteiger partial charge in [-0.1, -0.05) is 114 Å². The van der Waals surface area contributed by atoms with Gasteiger partial charge in [-0.15, -0.1) is 0 Å². The maximum Gasteiger partial charge on any atom is 0.498 e. The van der Waals surface area contributed by atoms with Crippen LogP contribution < -0.4 is 72.9 Å². The van der Waals surface area contributed by atoms with Crippen LogP contribution in [0.15, 0.2) is 114 Å². The lowest BCUT2D eigenvalue weighted by Gasteiger charge is -2.38. The van der Waals surface area contributed by atoms with E-state index in [4.69, 9.17) is 121 Å². The Morgan fingerprint density at radius 3 is 0.970 bits per heavy atom. The number of hydrogen-bond donors (Lipinski definition) is 9. The molecule has 6 aromatic carbocycles. The second-order valence-corrected chi connectivity index (χ2v) is 32.6. The average molecular weight is 1960 g/mol. The number of carboxylic acids is 2. The number of nitrogens with two attached hydrogens (primary N) is 3. The van der Waals surface area contributed by atoms with Crippen LogP contribution in [0, 0.1) is 46.6 Å². The first-order valence-corrected chi connectivity index (χ1v) is 42.3. The standard InChI is InChI=1S/C16H21BO6.C12H14BNO7.C11H11BrO4.C10H20B2O4.C10H11BN2O6.C10H13BN2O4.C10H10BNO7.C2H4O2/c1-4-20-14(19)9-21-13-7-5-6-12(8-18)15(13)17-22-10-16(2,3)11-23-17;1-2-19-11(15)7-20-9-5-3-4-8-10(6-14(17)18)21-13(16)12(8)9;1-2-15-10(14)7-16-9-5-3-4-8(6-13)11(9)12;1-9(2)5-13-11(14-6-9)12-15-7-10(3,4)8-16-12;12-9(14)5-18-7-3-1-2-6-8(4-13(16)17)19-11(15)10(6)7;12-4-8-6-2-1-3-7(16-5-9(13)14)10(6)11(15)17-8;13-9(14)5-18-7-3-1-2-6-8(4-12(16)17)19-11(15)10(6)7;1-2(3)4/h5-8H,4,9-11H2,1-3H3;3-5,10,16H,2,6-7H2,1H3;3-6H,2,7H2,1H3;5-8H2,1-4H3;1-3,8,15H,4-5H2,(H2,12,14);1-3,8,15H,4-5,12H2,(H2,13,14);1-3,8,15H,4-5H2,(H,13,14);1H3,(H,3,4). The van der Waals surface area contributed by atoms with Gasteiger partial charge >= 0.3 is 73.5 Å². The summed E-state index contributed by atoms with van der Waals surface area (Å²) < 4.78 is 101. The Morgan fingerprint density at radius 2 is 0.681 bits per heavy atom. The number of halogens is 1. The van der Waals surface area contributed by atoms with Crippen LogP contribution in [0.1, 0.15) is 137 Å². The summed E-state index contributed by atoms with van der Waals surface area (Å²) >= 11 is 3.22. The molecule has 7 aliphatic rings. The fourth-order valence-electron chi connectivity index (χ4n) is 12.9. The second kappa shape index (κ2) is 54.7. The number of carbonyl (C=O) groups is 9. The van der Waals surface area contributed by atoms with E-state index in [0.29, 0.717) is 124 Å². The highest BCUT2D eigenvalue weighted by molar-refractivity contribution is 9.10. The minimum Gasteiger partial charge on any atom is -0.484 e. The number of carboxylic acid groups (broad SMARTS) is 2. The molecule has 13 rings (SSSR count). The van der Waals surface area contributed by atoms with E-state index in [9.17, 15) is 88.8 Å². The van der Waals surface area contributed by atoms with Gasteiger partial charge < -0.3 is 137 Å². The molecule has 4 atom stereocenters. The molecular formula is C81H104B7BrN6O40. The molecule has 0 saturated carbocycles. The van der Waals surface area contributed by atoms with E-state index in [1.54, 1.807) is 118 Å². The number of benzene rings is 6. The predicted molar refractivity (Wildman–Crippen MR) is 484 cm³/mol. The van der Waals surface area contributed by atoms with Gasteiger partial charge in [-0.2, -0.15) is 0 Å². The van der Waals surface area contributed by atoms with Crippen molar-refractivity contribution < 1.29 is 177 Å². The smallest absolute Gasteiger partial charge is 0.484 e. The lowest BCUT2D eigenvalue weighted by molar-refractivity contribution is -0.490. The monoisotopic (exact) mass is 1960 g/mol. The highest BCUT2D eigenvalue weighted by atomic mass is 79.9. The number of rotatable bonds is 32. The molecular weight excluding hydrogens is 1850 g/mol. The largest absolute Gasteiger partial charge is 0.498 e. The zero-order chi connectivity index (χ0) is 100. The van der Waals surface area contributed by atoms with Gasteiger partial charge in [-0.05, 0) is 95.4 Å². The first-order chi connectivity index (χ1) is 63.9. The van der Waals surface area contributed by atoms with Crippen molar-refractivity contribution in [1.82, 2.24) is 0 Å². The van der Waals surface area contributed by atoms with Crippen molar-refractivity contribution in [2.75, 3.05) is 125 Å². The molecule has 0 spiro atoms. The van der Waals surface area contributed by atoms with Crippen LogP contribution in [0.5, 0.6) is 34.5 Å². The quantitative estimate of drug-likeness (QED) is 0.00689. The first kappa shape index (κ1) is 112. The minimum absolute atomic E-state index is 0.0847. The summed E-state index contributed by atoms with van der Waals surface area (Å²) in [4.78, 5) is 127. The van der Waals surface area contributed by atoms with Gasteiger partial charge in [-0.3, -0.25) is 54.3 Å². The number of ether oxygens (including phenoxy) is 9. The van der Waals surface area contributed by atoms with Gasteiger partial charge in [0.25, 0.3) is 17.8 Å². The number of nitrogens with zero attached hydrogens (tertiary/aromatic N) is 3. The number of aliphatic carboxylic acids is 2. The van der Waals surface area contributed by atoms with Crippen LogP contribution in [0.4, 0.5) is 0 Å². The molecule has 6 aromatic rings. The number of nitro groups is 3. The molecule has 3 saturated heterocycles. The van der Waals surface area contributed by atoms with E-state index in [1.807, 2.05) is 13.8 Å². The van der Waals surface area contributed by atoms with Crippen LogP contribution in [0.3, 0.4) is 0 Å².